The van der Waals surface area contributed by atoms with Crippen LogP contribution < -0.4 is 5.32 Å². The van der Waals surface area contributed by atoms with E-state index < -0.39 is 17.7 Å². The van der Waals surface area contributed by atoms with Crippen molar-refractivity contribution in [3.05, 3.63) is 53.4 Å². The van der Waals surface area contributed by atoms with Gasteiger partial charge in [-0.3, -0.25) is 9.48 Å². The first-order valence-corrected chi connectivity index (χ1v) is 6.79. The highest BCUT2D eigenvalue weighted by atomic mass is 19.1. The molecule has 1 heterocycles. The van der Waals surface area contributed by atoms with Gasteiger partial charge in [-0.1, -0.05) is 0 Å². The van der Waals surface area contributed by atoms with Gasteiger partial charge >= 0.3 is 0 Å². The average Bonchev–Trinajstić information content (AvgIpc) is 3.20. The second-order valence-corrected chi connectivity index (χ2v) is 5.36. The number of hydrogen-bond donors (Lipinski definition) is 1. The highest BCUT2D eigenvalue weighted by Crippen LogP contribution is 2.42. The van der Waals surface area contributed by atoms with Gasteiger partial charge in [0.05, 0.1) is 17.8 Å². The molecule has 1 aromatic carbocycles. The molecule has 0 unspecified atom stereocenters. The molecule has 1 amide bonds. The molecule has 110 valence electrons. The van der Waals surface area contributed by atoms with Gasteiger partial charge in [0.25, 0.3) is 5.91 Å². The summed E-state index contributed by atoms with van der Waals surface area (Å²) in [6, 6.07) is 2.82. The second-order valence-electron chi connectivity index (χ2n) is 5.36. The molecule has 21 heavy (non-hydrogen) atoms. The minimum absolute atomic E-state index is 0.155. The van der Waals surface area contributed by atoms with E-state index in [1.54, 1.807) is 13.2 Å². The number of rotatable bonds is 4. The molecule has 1 N–H and O–H groups in total. The van der Waals surface area contributed by atoms with E-state index in [2.05, 4.69) is 10.4 Å². The van der Waals surface area contributed by atoms with Gasteiger partial charge in [-0.25, -0.2) is 8.78 Å². The third kappa shape index (κ3) is 2.94. The van der Waals surface area contributed by atoms with Gasteiger partial charge in [-0.2, -0.15) is 5.10 Å². The Morgan fingerprint density at radius 3 is 2.81 bits per heavy atom. The zero-order chi connectivity index (χ0) is 15.0. The number of aryl methyl sites for hydroxylation is 1. The summed E-state index contributed by atoms with van der Waals surface area (Å²) in [7, 11) is 1.71. The largest absolute Gasteiger partial charge is 0.345 e. The van der Waals surface area contributed by atoms with E-state index in [-0.39, 0.29) is 17.4 Å². The summed E-state index contributed by atoms with van der Waals surface area (Å²) in [6.45, 7) is 0. The number of amides is 1. The van der Waals surface area contributed by atoms with E-state index in [0.717, 1.165) is 31.0 Å². The van der Waals surface area contributed by atoms with Crippen molar-refractivity contribution in [3.63, 3.8) is 0 Å². The maximum absolute atomic E-state index is 13.9. The van der Waals surface area contributed by atoms with Crippen LogP contribution in [0.15, 0.2) is 30.6 Å². The van der Waals surface area contributed by atoms with E-state index in [0.29, 0.717) is 5.56 Å². The van der Waals surface area contributed by atoms with Crippen LogP contribution in [0, 0.1) is 17.6 Å². The van der Waals surface area contributed by atoms with Gasteiger partial charge in [0.1, 0.15) is 11.6 Å². The van der Waals surface area contributed by atoms with Crippen molar-refractivity contribution in [2.75, 3.05) is 0 Å². The minimum atomic E-state index is -0.507. The normalized spacial score (nSPS) is 15.8. The monoisotopic (exact) mass is 291 g/mol. The quantitative estimate of drug-likeness (QED) is 0.941. The summed E-state index contributed by atoms with van der Waals surface area (Å²) in [5, 5.41) is 6.73. The molecule has 0 saturated heterocycles. The van der Waals surface area contributed by atoms with E-state index in [9.17, 15) is 13.6 Å². The highest BCUT2D eigenvalue weighted by molar-refractivity contribution is 5.94. The van der Waals surface area contributed by atoms with Crippen LogP contribution in [0.1, 0.15) is 34.8 Å². The molecule has 1 aliphatic rings. The van der Waals surface area contributed by atoms with Gasteiger partial charge in [-0.15, -0.1) is 0 Å². The zero-order valence-electron chi connectivity index (χ0n) is 11.5. The van der Waals surface area contributed by atoms with Crippen LogP contribution in [-0.2, 0) is 7.05 Å². The smallest absolute Gasteiger partial charge is 0.254 e. The summed E-state index contributed by atoms with van der Waals surface area (Å²) in [4.78, 5) is 12.2. The van der Waals surface area contributed by atoms with E-state index in [4.69, 9.17) is 0 Å². The van der Waals surface area contributed by atoms with Crippen LogP contribution in [0.25, 0.3) is 0 Å². The van der Waals surface area contributed by atoms with Crippen molar-refractivity contribution in [2.24, 2.45) is 13.0 Å². The maximum atomic E-state index is 13.9. The topological polar surface area (TPSA) is 46.9 Å². The molecular weight excluding hydrogens is 276 g/mol. The molecule has 1 fully saturated rings. The molecule has 1 atom stereocenters. The molecule has 1 aromatic heterocycles. The predicted molar refractivity (Wildman–Crippen MR) is 72.5 cm³/mol. The van der Waals surface area contributed by atoms with Crippen molar-refractivity contribution in [2.45, 2.75) is 18.9 Å². The fourth-order valence-electron chi connectivity index (χ4n) is 2.40. The zero-order valence-corrected chi connectivity index (χ0v) is 11.5. The van der Waals surface area contributed by atoms with Crippen molar-refractivity contribution in [3.8, 4) is 0 Å². The molecule has 3 rings (SSSR count). The molecule has 1 aliphatic carbocycles. The summed E-state index contributed by atoms with van der Waals surface area (Å²) in [6.07, 6.45) is 4.82. The summed E-state index contributed by atoms with van der Waals surface area (Å²) >= 11 is 0. The van der Waals surface area contributed by atoms with Crippen LogP contribution >= 0.6 is 0 Å². The first-order chi connectivity index (χ1) is 10.0. The first-order valence-electron chi connectivity index (χ1n) is 6.79. The number of hydrogen-bond acceptors (Lipinski definition) is 2. The van der Waals surface area contributed by atoms with Crippen LogP contribution in [0.3, 0.4) is 0 Å². The molecule has 2 aromatic rings. The molecule has 0 spiro atoms. The van der Waals surface area contributed by atoms with Crippen LogP contribution in [0.2, 0.25) is 0 Å². The Morgan fingerprint density at radius 2 is 2.19 bits per heavy atom. The van der Waals surface area contributed by atoms with Crippen molar-refractivity contribution < 1.29 is 13.6 Å². The van der Waals surface area contributed by atoms with E-state index in [1.165, 1.54) is 10.9 Å². The first kappa shape index (κ1) is 13.7. The van der Waals surface area contributed by atoms with Crippen molar-refractivity contribution in [1.82, 2.24) is 15.1 Å². The average molecular weight is 291 g/mol. The Hall–Kier alpha value is -2.24. The summed E-state index contributed by atoms with van der Waals surface area (Å²) < 4.78 is 28.8. The van der Waals surface area contributed by atoms with Crippen LogP contribution in [-0.4, -0.2) is 15.7 Å². The molecule has 6 heteroatoms. The number of nitrogens with zero attached hydrogens (tertiary/aromatic N) is 2. The van der Waals surface area contributed by atoms with Crippen molar-refractivity contribution in [1.29, 1.82) is 0 Å². The number of carbonyl (C=O) groups excluding carboxylic acids is 1. The molecular formula is C15H15F2N3O. The number of halogens is 2. The summed E-state index contributed by atoms with van der Waals surface area (Å²) in [5.41, 5.74) is 0.606. The third-order valence-electron chi connectivity index (χ3n) is 3.64. The van der Waals surface area contributed by atoms with E-state index in [1.807, 2.05) is 0 Å². The van der Waals surface area contributed by atoms with E-state index >= 15 is 0 Å². The highest BCUT2D eigenvalue weighted by Gasteiger charge is 2.35. The van der Waals surface area contributed by atoms with Crippen molar-refractivity contribution >= 4 is 5.91 Å². The molecule has 1 saturated carbocycles. The SMILES string of the molecule is Cn1cc(C(=O)N[C@H](c2cc(F)ccc2F)C2CC2)cn1. The van der Waals surface area contributed by atoms with Gasteiger partial charge in [0.15, 0.2) is 0 Å². The molecule has 0 bridgehead atoms. The molecule has 0 aliphatic heterocycles. The maximum Gasteiger partial charge on any atom is 0.254 e. The van der Waals surface area contributed by atoms with Gasteiger partial charge < -0.3 is 5.32 Å². The lowest BCUT2D eigenvalue weighted by molar-refractivity contribution is 0.0931. The number of nitrogens with one attached hydrogen (secondary N) is 1. The fraction of sp³-hybridized carbons (Fsp3) is 0.333. The Kier molecular flexibility index (Phi) is 3.45. The lowest BCUT2D eigenvalue weighted by Gasteiger charge is -2.19. The summed E-state index contributed by atoms with van der Waals surface area (Å²) in [5.74, 6) is -1.18. The van der Waals surface area contributed by atoms with Gasteiger partial charge in [0.2, 0.25) is 0 Å². The number of benzene rings is 1. The Bertz CT molecular complexity index is 679. The number of carbonyl (C=O) groups is 1. The molecule has 0 radical (unpaired) electrons. The van der Waals surface area contributed by atoms with Gasteiger partial charge in [0, 0.05) is 18.8 Å². The van der Waals surface area contributed by atoms with Gasteiger partial charge in [-0.05, 0) is 37.0 Å². The number of aromatic nitrogens is 2. The minimum Gasteiger partial charge on any atom is -0.345 e. The lowest BCUT2D eigenvalue weighted by atomic mass is 10.0. The Labute approximate surface area is 120 Å². The Morgan fingerprint density at radius 1 is 1.43 bits per heavy atom. The predicted octanol–water partition coefficient (Wildman–Crippen LogP) is 2.58. The second kappa shape index (κ2) is 5.27. The standard InChI is InChI=1S/C15H15F2N3O/c1-20-8-10(7-18-20)15(21)19-14(9-2-3-9)12-6-11(16)4-5-13(12)17/h4-9,14H,2-3H2,1H3,(H,19,21)/t14-/m0/s1. The Balaban J connectivity index is 1.85. The lowest BCUT2D eigenvalue weighted by Crippen LogP contribution is -2.30. The third-order valence-corrected chi connectivity index (χ3v) is 3.64. The fourth-order valence-corrected chi connectivity index (χ4v) is 2.40. The van der Waals surface area contributed by atoms with Crippen LogP contribution in [0.4, 0.5) is 8.78 Å². The molecule has 4 nitrogen and oxygen atoms in total. The van der Waals surface area contributed by atoms with Crippen LogP contribution in [0.5, 0.6) is 0 Å².